The highest BCUT2D eigenvalue weighted by molar-refractivity contribution is 5.93. The monoisotopic (exact) mass is 643 g/mol. The van der Waals surface area contributed by atoms with Gasteiger partial charge in [0.05, 0.1) is 29.8 Å². The molecule has 1 saturated heterocycles. The maximum absolute atomic E-state index is 13.3. The minimum Gasteiger partial charge on any atom is -0.493 e. The minimum atomic E-state index is -1.23. The Labute approximate surface area is 276 Å². The number of carbonyl (C=O) groups is 1. The zero-order valence-corrected chi connectivity index (χ0v) is 28.4. The summed E-state index contributed by atoms with van der Waals surface area (Å²) in [6.07, 6.45) is 4.94. The quantitative estimate of drug-likeness (QED) is 0.170. The van der Waals surface area contributed by atoms with E-state index in [1.807, 2.05) is 65.2 Å². The molecule has 2 N–H and O–H groups in total. The summed E-state index contributed by atoms with van der Waals surface area (Å²) in [5.41, 5.74) is 4.81. The number of halogens is 1. The van der Waals surface area contributed by atoms with Gasteiger partial charge in [0.1, 0.15) is 17.4 Å². The lowest BCUT2D eigenvalue weighted by Crippen LogP contribution is -2.39. The van der Waals surface area contributed by atoms with Gasteiger partial charge in [-0.25, -0.2) is 14.2 Å². The van der Waals surface area contributed by atoms with Gasteiger partial charge in [-0.05, 0) is 81.3 Å². The molecule has 5 rings (SSSR count). The molecule has 2 aromatic carbocycles. The second-order valence-corrected chi connectivity index (χ2v) is 14.1. The molecular weight excluding hydrogens is 597 g/mol. The number of piperidine rings is 1. The number of rotatable bonds is 11. The number of hydrogen-bond acceptors (Lipinski definition) is 7. The van der Waals surface area contributed by atoms with Crippen LogP contribution in [0.2, 0.25) is 0 Å². The maximum Gasteiger partial charge on any atom is 0.337 e. The van der Waals surface area contributed by atoms with E-state index in [0.29, 0.717) is 35.9 Å². The number of aromatic nitrogens is 3. The van der Waals surface area contributed by atoms with Crippen LogP contribution in [-0.2, 0) is 23.0 Å². The third-order valence-electron chi connectivity index (χ3n) is 8.47. The highest BCUT2D eigenvalue weighted by Crippen LogP contribution is 2.47. The van der Waals surface area contributed by atoms with Crippen LogP contribution in [0.25, 0.3) is 11.1 Å². The normalized spacial score (nSPS) is 15.4. The number of ether oxygens (including phenoxy) is 2. The van der Waals surface area contributed by atoms with E-state index in [0.717, 1.165) is 54.0 Å². The van der Waals surface area contributed by atoms with Crippen LogP contribution in [-0.4, -0.2) is 51.1 Å². The van der Waals surface area contributed by atoms with Gasteiger partial charge < -0.3 is 24.8 Å². The van der Waals surface area contributed by atoms with E-state index >= 15 is 0 Å². The van der Waals surface area contributed by atoms with Gasteiger partial charge in [0.2, 0.25) is 0 Å². The van der Waals surface area contributed by atoms with E-state index < -0.39 is 17.7 Å². The van der Waals surface area contributed by atoms with Crippen molar-refractivity contribution < 1.29 is 23.8 Å². The van der Waals surface area contributed by atoms with Crippen molar-refractivity contribution in [2.75, 3.05) is 29.9 Å². The van der Waals surface area contributed by atoms with Crippen molar-refractivity contribution in [1.82, 2.24) is 14.8 Å². The van der Waals surface area contributed by atoms with Gasteiger partial charge in [0, 0.05) is 49.6 Å². The Morgan fingerprint density at radius 1 is 1.09 bits per heavy atom. The third kappa shape index (κ3) is 8.48. The summed E-state index contributed by atoms with van der Waals surface area (Å²) in [6.45, 7) is 14.0. The minimum absolute atomic E-state index is 0.177. The third-order valence-corrected chi connectivity index (χ3v) is 8.47. The molecule has 2 aromatic heterocycles. The van der Waals surface area contributed by atoms with Gasteiger partial charge in [0.15, 0.2) is 6.10 Å². The van der Waals surface area contributed by atoms with Crippen molar-refractivity contribution in [2.45, 2.75) is 72.5 Å². The smallest absolute Gasteiger partial charge is 0.337 e. The van der Waals surface area contributed by atoms with Gasteiger partial charge in [0.25, 0.3) is 0 Å². The van der Waals surface area contributed by atoms with E-state index in [1.165, 1.54) is 12.1 Å². The molecule has 1 atom stereocenters. The number of aliphatic carboxylic acids is 1. The van der Waals surface area contributed by atoms with Gasteiger partial charge in [-0.1, -0.05) is 38.1 Å². The molecule has 3 heterocycles. The molecule has 250 valence electrons. The molecule has 1 fully saturated rings. The number of nitrogens with one attached hydrogen (secondary N) is 1. The van der Waals surface area contributed by atoms with Crippen molar-refractivity contribution >= 4 is 23.2 Å². The Hall–Kier alpha value is -4.44. The number of nitrogens with zero attached hydrogens (tertiary/aromatic N) is 4. The van der Waals surface area contributed by atoms with Crippen LogP contribution in [0, 0.1) is 18.2 Å². The van der Waals surface area contributed by atoms with Crippen LogP contribution in [0.15, 0.2) is 60.9 Å². The largest absolute Gasteiger partial charge is 0.493 e. The summed E-state index contributed by atoms with van der Waals surface area (Å²) in [5, 5.41) is 18.4. The second-order valence-electron chi connectivity index (χ2n) is 14.1. The molecule has 0 radical (unpaired) electrons. The zero-order chi connectivity index (χ0) is 33.9. The van der Waals surface area contributed by atoms with Crippen LogP contribution in [0.4, 0.5) is 21.6 Å². The zero-order valence-electron chi connectivity index (χ0n) is 28.4. The fraction of sp³-hybridized carbons (Fsp3) is 0.432. The molecule has 1 aliphatic heterocycles. The second kappa shape index (κ2) is 13.7. The van der Waals surface area contributed by atoms with E-state index in [4.69, 9.17) is 14.5 Å². The molecule has 0 amide bonds. The van der Waals surface area contributed by atoms with Crippen LogP contribution in [0.3, 0.4) is 0 Å². The number of benzene rings is 2. The fourth-order valence-electron chi connectivity index (χ4n) is 5.91. The topological polar surface area (TPSA) is 102 Å². The maximum atomic E-state index is 13.3. The van der Waals surface area contributed by atoms with E-state index in [1.54, 1.807) is 23.0 Å². The first-order chi connectivity index (χ1) is 22.2. The van der Waals surface area contributed by atoms with Crippen LogP contribution in [0.1, 0.15) is 70.4 Å². The first kappa shape index (κ1) is 33.9. The Kier molecular flexibility index (Phi) is 9.91. The van der Waals surface area contributed by atoms with Crippen molar-refractivity contribution in [1.29, 1.82) is 0 Å². The lowest BCUT2D eigenvalue weighted by molar-refractivity contribution is -0.160. The Morgan fingerprint density at radius 2 is 1.74 bits per heavy atom. The van der Waals surface area contributed by atoms with Gasteiger partial charge in [-0.15, -0.1) is 0 Å². The Morgan fingerprint density at radius 3 is 2.32 bits per heavy atom. The number of anilines is 3. The molecule has 0 saturated carbocycles. The van der Waals surface area contributed by atoms with E-state index in [9.17, 15) is 14.3 Å². The lowest BCUT2D eigenvalue weighted by Gasteiger charge is -2.41. The molecule has 1 aliphatic rings. The standard InChI is InChI=1S/C37H46FN5O4/c1-24-30(33(35(44)45)47-36(2,3)4)32(43-19-17-37(5,6)18-20-43)31(34(40-24)41-28-22-39-42(7)23-28)26-10-14-29(15-11-26)46-21-16-25-8-12-27(38)13-9-25/h8-15,22-23,33H,16-21H2,1-7H3,(H,40,41)(H,44,45)/t33-/m0/s1. The van der Waals surface area contributed by atoms with Gasteiger partial charge in [-0.3, -0.25) is 4.68 Å². The molecule has 4 aromatic rings. The predicted octanol–water partition coefficient (Wildman–Crippen LogP) is 7.86. The predicted molar refractivity (Wildman–Crippen MR) is 183 cm³/mol. The summed E-state index contributed by atoms with van der Waals surface area (Å²) < 4.78 is 27.3. The van der Waals surface area contributed by atoms with Crippen molar-refractivity contribution in [3.05, 3.63) is 83.6 Å². The van der Waals surface area contributed by atoms with Crippen molar-refractivity contribution in [3.63, 3.8) is 0 Å². The van der Waals surface area contributed by atoms with Crippen molar-refractivity contribution in [2.24, 2.45) is 12.5 Å². The summed E-state index contributed by atoms with van der Waals surface area (Å²) in [6, 6.07) is 14.2. The van der Waals surface area contributed by atoms with Crippen LogP contribution >= 0.6 is 0 Å². The first-order valence-corrected chi connectivity index (χ1v) is 16.1. The lowest BCUT2D eigenvalue weighted by atomic mass is 9.82. The average molecular weight is 644 g/mol. The molecule has 0 bridgehead atoms. The molecule has 47 heavy (non-hydrogen) atoms. The number of carboxylic acids is 1. The van der Waals surface area contributed by atoms with Gasteiger partial charge in [-0.2, -0.15) is 5.10 Å². The SMILES string of the molecule is Cc1nc(Nc2cnn(C)c2)c(-c2ccc(OCCc3ccc(F)cc3)cc2)c(N2CCC(C)(C)CC2)c1[C@H](OC(C)(C)C)C(=O)O. The molecule has 10 heteroatoms. The first-order valence-electron chi connectivity index (χ1n) is 16.1. The van der Waals surface area contributed by atoms with E-state index in [2.05, 4.69) is 29.2 Å². The van der Waals surface area contributed by atoms with Crippen molar-refractivity contribution in [3.8, 4) is 16.9 Å². The highest BCUT2D eigenvalue weighted by atomic mass is 19.1. The molecule has 9 nitrogen and oxygen atoms in total. The average Bonchev–Trinajstić information content (AvgIpc) is 3.41. The van der Waals surface area contributed by atoms with Crippen LogP contribution < -0.4 is 15.0 Å². The number of aryl methyl sites for hydroxylation is 2. The van der Waals surface area contributed by atoms with E-state index in [-0.39, 0.29) is 11.2 Å². The number of carboxylic acid groups (broad SMARTS) is 1. The summed E-state index contributed by atoms with van der Waals surface area (Å²) in [4.78, 5) is 20.2. The number of hydrogen-bond donors (Lipinski definition) is 2. The Balaban J connectivity index is 1.61. The molecule has 0 spiro atoms. The highest BCUT2D eigenvalue weighted by Gasteiger charge is 2.37. The Bertz CT molecular complexity index is 1680. The summed E-state index contributed by atoms with van der Waals surface area (Å²) in [5.74, 6) is -0.0291. The molecule has 0 unspecified atom stereocenters. The molecule has 0 aliphatic carbocycles. The summed E-state index contributed by atoms with van der Waals surface area (Å²) in [7, 11) is 1.85. The fourth-order valence-corrected chi connectivity index (χ4v) is 5.91. The van der Waals surface area contributed by atoms with Gasteiger partial charge >= 0.3 is 5.97 Å². The van der Waals surface area contributed by atoms with Crippen LogP contribution in [0.5, 0.6) is 5.75 Å². The number of pyridine rings is 1. The molecular formula is C37H46FN5O4. The summed E-state index contributed by atoms with van der Waals surface area (Å²) >= 11 is 0.